The summed E-state index contributed by atoms with van der Waals surface area (Å²) in [5.74, 6) is -0.451. The molecular weight excluding hydrogens is 428 g/mol. The van der Waals surface area contributed by atoms with Crippen LogP contribution >= 0.6 is 0 Å². The van der Waals surface area contributed by atoms with Crippen LogP contribution in [-0.4, -0.2) is 33.2 Å². The molecule has 2 aromatic carbocycles. The van der Waals surface area contributed by atoms with Crippen LogP contribution in [0.15, 0.2) is 70.7 Å². The zero-order valence-corrected chi connectivity index (χ0v) is 19.8. The molecule has 3 aromatic rings. The lowest BCUT2D eigenvalue weighted by Crippen LogP contribution is -2.31. The Balaban J connectivity index is 1.81. The highest BCUT2D eigenvalue weighted by Gasteiger charge is 2.33. The van der Waals surface area contributed by atoms with Crippen LogP contribution in [-0.2, 0) is 11.2 Å². The topological polar surface area (TPSA) is 87.2 Å². The lowest BCUT2D eigenvalue weighted by molar-refractivity contribution is -0.122. The third kappa shape index (κ3) is 4.50. The number of amides is 3. The van der Waals surface area contributed by atoms with Crippen molar-refractivity contribution in [1.82, 2.24) is 20.0 Å². The van der Waals surface area contributed by atoms with E-state index >= 15 is 0 Å². The van der Waals surface area contributed by atoms with E-state index in [2.05, 4.69) is 10.4 Å². The van der Waals surface area contributed by atoms with Gasteiger partial charge in [0.1, 0.15) is 5.70 Å². The molecule has 1 aliphatic heterocycles. The molecule has 1 aromatic heterocycles. The number of aromatic nitrogens is 2. The van der Waals surface area contributed by atoms with Gasteiger partial charge in [0.2, 0.25) is 0 Å². The molecule has 7 heteroatoms. The molecule has 2 N–H and O–H groups in total. The Morgan fingerprint density at radius 2 is 1.62 bits per heavy atom. The van der Waals surface area contributed by atoms with Crippen molar-refractivity contribution in [3.8, 4) is 5.69 Å². The second-order valence-electron chi connectivity index (χ2n) is 8.72. The van der Waals surface area contributed by atoms with E-state index in [1.54, 1.807) is 0 Å². The van der Waals surface area contributed by atoms with Crippen molar-refractivity contribution >= 4 is 18.0 Å². The maximum Gasteiger partial charge on any atom is 0.329 e. The molecule has 4 rings (SSSR count). The van der Waals surface area contributed by atoms with Crippen LogP contribution < -0.4 is 10.9 Å². The monoisotopic (exact) mass is 456 g/mol. The lowest BCUT2D eigenvalue weighted by atomic mass is 10.0. The number of rotatable bonds is 6. The first-order chi connectivity index (χ1) is 16.3. The number of carbonyl (C=O) groups excluding carboxylic acids is 2. The van der Waals surface area contributed by atoms with Gasteiger partial charge < -0.3 is 5.32 Å². The minimum Gasteiger partial charge on any atom is -0.303 e. The van der Waals surface area contributed by atoms with E-state index in [0.717, 1.165) is 32.9 Å². The fourth-order valence-electron chi connectivity index (χ4n) is 3.92. The second-order valence-corrected chi connectivity index (χ2v) is 8.72. The SMILES string of the molecule is CC(C)=CCN1C(=O)N/C(=C\c2c(Cc3ccccc3C)[nH]n(-c3ccccc3C)c2=O)C1=O. The van der Waals surface area contributed by atoms with E-state index in [9.17, 15) is 14.4 Å². The third-order valence-electron chi connectivity index (χ3n) is 5.92. The highest BCUT2D eigenvalue weighted by Crippen LogP contribution is 2.20. The first kappa shape index (κ1) is 23.0. The van der Waals surface area contributed by atoms with Gasteiger partial charge in [-0.2, -0.15) is 0 Å². The van der Waals surface area contributed by atoms with E-state index in [1.807, 2.05) is 82.3 Å². The number of allylic oxidation sites excluding steroid dienone is 1. The van der Waals surface area contributed by atoms with E-state index in [4.69, 9.17) is 0 Å². The van der Waals surface area contributed by atoms with Crippen LogP contribution in [0.5, 0.6) is 0 Å². The van der Waals surface area contributed by atoms with Crippen molar-refractivity contribution in [3.05, 3.63) is 104 Å². The van der Waals surface area contributed by atoms with Crippen LogP contribution in [0.25, 0.3) is 11.8 Å². The summed E-state index contributed by atoms with van der Waals surface area (Å²) in [6.07, 6.45) is 3.78. The Kier molecular flexibility index (Phi) is 6.36. The van der Waals surface area contributed by atoms with Gasteiger partial charge in [0.25, 0.3) is 11.5 Å². The Labute approximate surface area is 198 Å². The highest BCUT2D eigenvalue weighted by molar-refractivity contribution is 6.14. The van der Waals surface area contributed by atoms with Crippen molar-refractivity contribution in [3.63, 3.8) is 0 Å². The number of nitrogens with one attached hydrogen (secondary N) is 2. The van der Waals surface area contributed by atoms with Gasteiger partial charge in [-0.05, 0) is 56.5 Å². The molecule has 0 radical (unpaired) electrons. The third-order valence-corrected chi connectivity index (χ3v) is 5.92. The summed E-state index contributed by atoms with van der Waals surface area (Å²) in [5.41, 5.74) is 5.66. The van der Waals surface area contributed by atoms with Crippen molar-refractivity contribution < 1.29 is 9.59 Å². The van der Waals surface area contributed by atoms with Gasteiger partial charge >= 0.3 is 6.03 Å². The zero-order valence-electron chi connectivity index (χ0n) is 19.8. The maximum absolute atomic E-state index is 13.5. The number of carbonyl (C=O) groups is 2. The quantitative estimate of drug-likeness (QED) is 0.331. The fourth-order valence-corrected chi connectivity index (χ4v) is 3.92. The summed E-state index contributed by atoms with van der Waals surface area (Å²) in [6.45, 7) is 7.94. The molecule has 1 aliphatic rings. The van der Waals surface area contributed by atoms with Gasteiger partial charge in [-0.3, -0.25) is 19.6 Å². The maximum atomic E-state index is 13.5. The Bertz CT molecular complexity index is 1390. The van der Waals surface area contributed by atoms with Gasteiger partial charge in [-0.25, -0.2) is 9.48 Å². The van der Waals surface area contributed by atoms with Crippen LogP contribution in [0.4, 0.5) is 4.79 Å². The highest BCUT2D eigenvalue weighted by atomic mass is 16.2. The zero-order chi connectivity index (χ0) is 24.4. The van der Waals surface area contributed by atoms with Crippen LogP contribution in [0.1, 0.15) is 41.8 Å². The predicted octanol–water partition coefficient (Wildman–Crippen LogP) is 4.23. The van der Waals surface area contributed by atoms with Crippen LogP contribution in [0.3, 0.4) is 0 Å². The number of aromatic amines is 1. The number of para-hydroxylation sites is 1. The molecule has 1 fully saturated rings. The first-order valence-corrected chi connectivity index (χ1v) is 11.2. The molecule has 2 heterocycles. The molecule has 0 unspecified atom stereocenters. The summed E-state index contributed by atoms with van der Waals surface area (Å²) < 4.78 is 1.50. The van der Waals surface area contributed by atoms with E-state index in [0.29, 0.717) is 17.7 Å². The number of nitrogens with zero attached hydrogens (tertiary/aromatic N) is 2. The van der Waals surface area contributed by atoms with Gasteiger partial charge in [0.15, 0.2) is 0 Å². The number of benzene rings is 2. The number of hydrogen-bond acceptors (Lipinski definition) is 3. The first-order valence-electron chi connectivity index (χ1n) is 11.2. The molecule has 0 saturated carbocycles. The average molecular weight is 457 g/mol. The van der Waals surface area contributed by atoms with Gasteiger partial charge in [0, 0.05) is 18.7 Å². The normalized spacial score (nSPS) is 14.6. The minimum atomic E-state index is -0.496. The van der Waals surface area contributed by atoms with E-state index in [1.165, 1.54) is 10.8 Å². The van der Waals surface area contributed by atoms with Crippen LogP contribution in [0.2, 0.25) is 0 Å². The lowest BCUT2D eigenvalue weighted by Gasteiger charge is -2.08. The smallest absolute Gasteiger partial charge is 0.303 e. The van der Waals surface area contributed by atoms with E-state index < -0.39 is 11.9 Å². The molecular formula is C27H28N4O3. The van der Waals surface area contributed by atoms with Gasteiger partial charge in [0.05, 0.1) is 11.3 Å². The van der Waals surface area contributed by atoms with Crippen molar-refractivity contribution in [1.29, 1.82) is 0 Å². The molecule has 34 heavy (non-hydrogen) atoms. The molecule has 0 atom stereocenters. The van der Waals surface area contributed by atoms with Crippen molar-refractivity contribution in [2.45, 2.75) is 34.1 Å². The standard InChI is InChI=1S/C27H28N4O3/c1-17(2)13-14-30-26(33)23(28-27(30)34)16-21-22(15-20-11-7-5-9-18(20)3)29-31(25(21)32)24-12-8-6-10-19(24)4/h5-13,16,29H,14-15H2,1-4H3,(H,28,34)/b23-16-. The number of urea groups is 1. The average Bonchev–Trinajstić information content (AvgIpc) is 3.24. The molecule has 3 amide bonds. The summed E-state index contributed by atoms with van der Waals surface area (Å²) in [7, 11) is 0. The number of hydrogen-bond donors (Lipinski definition) is 2. The second kappa shape index (κ2) is 9.39. The van der Waals surface area contributed by atoms with Gasteiger partial charge in [-0.1, -0.05) is 54.1 Å². The fraction of sp³-hybridized carbons (Fsp3) is 0.222. The molecule has 7 nitrogen and oxygen atoms in total. The minimum absolute atomic E-state index is 0.0891. The number of H-pyrrole nitrogens is 1. The molecule has 0 spiro atoms. The Hall–Kier alpha value is -4.13. The summed E-state index contributed by atoms with van der Waals surface area (Å²) in [6, 6.07) is 15.0. The summed E-state index contributed by atoms with van der Waals surface area (Å²) in [5, 5.41) is 5.87. The largest absolute Gasteiger partial charge is 0.329 e. The number of imide groups is 1. The van der Waals surface area contributed by atoms with Crippen LogP contribution in [0, 0.1) is 13.8 Å². The molecule has 0 bridgehead atoms. The molecule has 174 valence electrons. The molecule has 1 saturated heterocycles. The Morgan fingerprint density at radius 1 is 0.941 bits per heavy atom. The number of aryl methyl sites for hydroxylation is 2. The van der Waals surface area contributed by atoms with Crippen molar-refractivity contribution in [2.24, 2.45) is 0 Å². The van der Waals surface area contributed by atoms with Crippen molar-refractivity contribution in [2.75, 3.05) is 6.54 Å². The summed E-state index contributed by atoms with van der Waals surface area (Å²) in [4.78, 5) is 40.0. The molecule has 0 aliphatic carbocycles. The predicted molar refractivity (Wildman–Crippen MR) is 133 cm³/mol. The van der Waals surface area contributed by atoms with E-state index in [-0.39, 0.29) is 17.8 Å². The summed E-state index contributed by atoms with van der Waals surface area (Å²) >= 11 is 0. The Morgan fingerprint density at radius 3 is 2.29 bits per heavy atom. The van der Waals surface area contributed by atoms with Gasteiger partial charge in [-0.15, -0.1) is 0 Å².